The zero-order valence-corrected chi connectivity index (χ0v) is 18.0. The number of pyridine rings is 3. The molecule has 0 bridgehead atoms. The summed E-state index contributed by atoms with van der Waals surface area (Å²) in [6.45, 7) is 5.08. The molecule has 0 saturated carbocycles. The Morgan fingerprint density at radius 3 is 2.91 bits per heavy atom. The topological polar surface area (TPSA) is 115 Å². The Bertz CT molecular complexity index is 1310. The molecule has 9 heteroatoms. The predicted molar refractivity (Wildman–Crippen MR) is 123 cm³/mol. The summed E-state index contributed by atoms with van der Waals surface area (Å²) in [5.74, 6) is 1.23. The Kier molecular flexibility index (Phi) is 4.93. The van der Waals surface area contributed by atoms with Crippen LogP contribution in [0.3, 0.4) is 0 Å². The summed E-state index contributed by atoms with van der Waals surface area (Å²) in [6, 6.07) is 6.10. The van der Waals surface area contributed by atoms with Gasteiger partial charge in [0.05, 0.1) is 23.6 Å². The molecule has 1 fully saturated rings. The Hall–Kier alpha value is -4.01. The molecule has 4 aromatic heterocycles. The molecule has 0 aromatic carbocycles. The lowest BCUT2D eigenvalue weighted by molar-refractivity contribution is -0.127. The van der Waals surface area contributed by atoms with E-state index in [4.69, 9.17) is 5.73 Å². The average molecular weight is 429 g/mol. The van der Waals surface area contributed by atoms with Crippen LogP contribution in [-0.4, -0.2) is 48.6 Å². The Balaban J connectivity index is 1.40. The molecule has 0 aliphatic carbocycles. The Morgan fingerprint density at radius 2 is 2.12 bits per heavy atom. The van der Waals surface area contributed by atoms with Gasteiger partial charge in [-0.15, -0.1) is 0 Å². The average Bonchev–Trinajstić information content (AvgIpc) is 3.43. The fraction of sp³-hybridized carbons (Fsp3) is 0.261. The van der Waals surface area contributed by atoms with Gasteiger partial charge < -0.3 is 16.0 Å². The molecule has 0 spiro atoms. The minimum absolute atomic E-state index is 0.105. The van der Waals surface area contributed by atoms with Crippen LogP contribution < -0.4 is 11.1 Å². The first-order valence-electron chi connectivity index (χ1n) is 10.5. The van der Waals surface area contributed by atoms with Crippen LogP contribution in [0.4, 0.5) is 17.3 Å². The predicted octanol–water partition coefficient (Wildman–Crippen LogP) is 3.32. The second-order valence-corrected chi connectivity index (χ2v) is 8.12. The van der Waals surface area contributed by atoms with Crippen molar-refractivity contribution >= 4 is 34.0 Å². The first-order chi connectivity index (χ1) is 15.5. The maximum atomic E-state index is 11.6. The van der Waals surface area contributed by atoms with E-state index < -0.39 is 0 Å². The van der Waals surface area contributed by atoms with Crippen LogP contribution in [0.1, 0.15) is 24.9 Å². The van der Waals surface area contributed by atoms with Crippen LogP contribution in [-0.2, 0) is 4.79 Å². The zero-order chi connectivity index (χ0) is 22.2. The summed E-state index contributed by atoms with van der Waals surface area (Å²) in [5, 5.41) is 9.53. The molecule has 1 atom stereocenters. The summed E-state index contributed by atoms with van der Waals surface area (Å²) < 4.78 is 1.91. The molecule has 3 N–H and O–H groups in total. The van der Waals surface area contributed by atoms with E-state index in [1.165, 1.54) is 0 Å². The van der Waals surface area contributed by atoms with Crippen molar-refractivity contribution in [2.75, 3.05) is 24.1 Å². The number of nitrogens with two attached hydrogens (primary N) is 1. The van der Waals surface area contributed by atoms with E-state index in [1.54, 1.807) is 31.7 Å². The number of likely N-dealkylation sites (tertiary alicyclic amines) is 1. The summed E-state index contributed by atoms with van der Waals surface area (Å²) in [4.78, 5) is 26.7. The van der Waals surface area contributed by atoms with Gasteiger partial charge >= 0.3 is 0 Å². The van der Waals surface area contributed by atoms with Crippen molar-refractivity contribution in [3.05, 3.63) is 54.7 Å². The van der Waals surface area contributed by atoms with Crippen molar-refractivity contribution < 1.29 is 4.79 Å². The van der Waals surface area contributed by atoms with Crippen molar-refractivity contribution in [3.8, 4) is 11.3 Å². The first-order valence-corrected chi connectivity index (χ1v) is 10.5. The third kappa shape index (κ3) is 3.73. The largest absolute Gasteiger partial charge is 0.383 e. The lowest BCUT2D eigenvalue weighted by atomic mass is 10.1. The maximum absolute atomic E-state index is 11.6. The number of nitrogen functional groups attached to an aromatic ring is 1. The van der Waals surface area contributed by atoms with Crippen LogP contribution in [0.15, 0.2) is 49.2 Å². The highest BCUT2D eigenvalue weighted by atomic mass is 16.2. The molecule has 5 rings (SSSR count). The van der Waals surface area contributed by atoms with Gasteiger partial charge in [-0.2, -0.15) is 5.10 Å². The number of nitrogens with zero attached hydrogens (tertiary/aromatic N) is 6. The molecular weight excluding hydrogens is 404 g/mol. The summed E-state index contributed by atoms with van der Waals surface area (Å²) in [7, 11) is 0. The van der Waals surface area contributed by atoms with Crippen LogP contribution in [0, 0.1) is 6.92 Å². The number of hydrogen-bond acceptors (Lipinski definition) is 7. The van der Waals surface area contributed by atoms with Crippen molar-refractivity contribution in [1.82, 2.24) is 29.6 Å². The van der Waals surface area contributed by atoms with Gasteiger partial charge in [-0.1, -0.05) is 0 Å². The normalized spacial score (nSPS) is 15.9. The van der Waals surface area contributed by atoms with E-state index in [9.17, 15) is 4.79 Å². The number of nitrogens with one attached hydrogen (secondary N) is 1. The van der Waals surface area contributed by atoms with Crippen molar-refractivity contribution in [3.63, 3.8) is 0 Å². The van der Waals surface area contributed by atoms with Gasteiger partial charge in [-0.3, -0.25) is 14.5 Å². The number of hydrogen-bond donors (Lipinski definition) is 2. The van der Waals surface area contributed by atoms with Gasteiger partial charge in [-0.05, 0) is 42.5 Å². The van der Waals surface area contributed by atoms with E-state index in [2.05, 4.69) is 25.4 Å². The fourth-order valence-electron chi connectivity index (χ4n) is 4.11. The van der Waals surface area contributed by atoms with Crippen LogP contribution in [0.5, 0.6) is 0 Å². The first kappa shape index (κ1) is 19.9. The van der Waals surface area contributed by atoms with Crippen LogP contribution in [0.25, 0.3) is 22.0 Å². The van der Waals surface area contributed by atoms with E-state index in [1.807, 2.05) is 40.9 Å². The van der Waals surface area contributed by atoms with E-state index in [0.717, 1.165) is 46.2 Å². The van der Waals surface area contributed by atoms with Crippen molar-refractivity contribution in [2.24, 2.45) is 0 Å². The van der Waals surface area contributed by atoms with Gasteiger partial charge in [0, 0.05) is 55.8 Å². The Labute approximate surface area is 185 Å². The molecule has 5 heterocycles. The molecule has 1 saturated heterocycles. The highest BCUT2D eigenvalue weighted by Gasteiger charge is 2.26. The molecule has 32 heavy (non-hydrogen) atoms. The smallest absolute Gasteiger partial charge is 0.219 e. The van der Waals surface area contributed by atoms with Crippen molar-refractivity contribution in [2.45, 2.75) is 26.3 Å². The van der Waals surface area contributed by atoms with E-state index >= 15 is 0 Å². The number of aromatic nitrogens is 5. The third-order valence-corrected chi connectivity index (χ3v) is 5.92. The lowest BCUT2D eigenvalue weighted by Crippen LogP contribution is -2.26. The number of anilines is 3. The van der Waals surface area contributed by atoms with Crippen LogP contribution in [0.2, 0.25) is 0 Å². The van der Waals surface area contributed by atoms with Crippen molar-refractivity contribution in [1.29, 1.82) is 0 Å². The standard InChI is InChI=1S/C23H24N8O/c1-14-3-5-25-10-19(14)21-7-16-8-22(26-11-20(16)23(24)29-21)28-17-9-27-31(12-17)18-4-6-30(13-18)15(2)32/h3,5,7-12,18H,4,6,13H2,1-2H3,(H2,24,29)(H,26,28)/t18-/m1/s1. The summed E-state index contributed by atoms with van der Waals surface area (Å²) in [6.07, 6.45) is 9.91. The monoisotopic (exact) mass is 428 g/mol. The lowest BCUT2D eigenvalue weighted by Gasteiger charge is -2.14. The molecule has 162 valence electrons. The second-order valence-electron chi connectivity index (χ2n) is 8.12. The summed E-state index contributed by atoms with van der Waals surface area (Å²) in [5.41, 5.74) is 9.87. The molecular formula is C23H24N8O. The van der Waals surface area contributed by atoms with E-state index in [0.29, 0.717) is 18.2 Å². The number of carbonyl (C=O) groups excluding carboxylic acids is 1. The van der Waals surface area contributed by atoms with E-state index in [-0.39, 0.29) is 11.9 Å². The number of aryl methyl sites for hydroxylation is 1. The second kappa shape index (κ2) is 7.92. The molecule has 1 amide bonds. The molecule has 0 unspecified atom stereocenters. The highest BCUT2D eigenvalue weighted by Crippen LogP contribution is 2.29. The summed E-state index contributed by atoms with van der Waals surface area (Å²) >= 11 is 0. The quantitative estimate of drug-likeness (QED) is 0.512. The van der Waals surface area contributed by atoms with Gasteiger partial charge in [0.2, 0.25) is 5.91 Å². The maximum Gasteiger partial charge on any atom is 0.219 e. The molecule has 4 aromatic rings. The molecule has 1 aliphatic rings. The minimum Gasteiger partial charge on any atom is -0.383 e. The molecule has 9 nitrogen and oxygen atoms in total. The van der Waals surface area contributed by atoms with Gasteiger partial charge in [0.1, 0.15) is 11.6 Å². The van der Waals surface area contributed by atoms with Crippen LogP contribution >= 0.6 is 0 Å². The zero-order valence-electron chi connectivity index (χ0n) is 18.0. The number of fused-ring (bicyclic) bond motifs is 1. The number of carbonyl (C=O) groups is 1. The number of amides is 1. The van der Waals surface area contributed by atoms with Gasteiger partial charge in [-0.25, -0.2) is 9.97 Å². The Morgan fingerprint density at radius 1 is 1.25 bits per heavy atom. The van der Waals surface area contributed by atoms with Gasteiger partial charge in [0.25, 0.3) is 0 Å². The minimum atomic E-state index is 0.105. The highest BCUT2D eigenvalue weighted by molar-refractivity contribution is 5.94. The van der Waals surface area contributed by atoms with Gasteiger partial charge in [0.15, 0.2) is 0 Å². The molecule has 0 radical (unpaired) electrons. The molecule has 1 aliphatic heterocycles. The fourth-order valence-corrected chi connectivity index (χ4v) is 4.11. The number of rotatable bonds is 4. The SMILES string of the molecule is CC(=O)N1CC[C@@H](n2cc(Nc3cc4cc(-c5cnccc5C)nc(N)c4cn3)cn2)C1. The third-order valence-electron chi connectivity index (χ3n) is 5.92.